The first-order valence-corrected chi connectivity index (χ1v) is 7.00. The highest BCUT2D eigenvalue weighted by molar-refractivity contribution is 9.10. The van der Waals surface area contributed by atoms with Gasteiger partial charge in [-0.05, 0) is 24.6 Å². The zero-order chi connectivity index (χ0) is 14.5. The van der Waals surface area contributed by atoms with Gasteiger partial charge in [0.1, 0.15) is 0 Å². The molecular weight excluding hydrogens is 318 g/mol. The highest BCUT2D eigenvalue weighted by Gasteiger charge is 2.10. The van der Waals surface area contributed by atoms with E-state index >= 15 is 0 Å². The van der Waals surface area contributed by atoms with E-state index in [-0.39, 0.29) is 18.2 Å². The van der Waals surface area contributed by atoms with Gasteiger partial charge in [-0.2, -0.15) is 0 Å². The Morgan fingerprint density at radius 1 is 1.05 bits per heavy atom. The summed E-state index contributed by atoms with van der Waals surface area (Å²) >= 11 is 3.38. The number of ketones is 1. The van der Waals surface area contributed by atoms with Crippen molar-refractivity contribution >= 4 is 27.6 Å². The van der Waals surface area contributed by atoms with E-state index in [2.05, 4.69) is 21.2 Å². The molecule has 102 valence electrons. The van der Waals surface area contributed by atoms with Crippen LogP contribution in [-0.4, -0.2) is 18.2 Å². The molecule has 0 aromatic heterocycles. The number of Topliss-reactive ketones (excluding diaryl/α,β-unsaturated/α-hetero) is 1. The van der Waals surface area contributed by atoms with Crippen molar-refractivity contribution in [2.45, 2.75) is 6.92 Å². The maximum atomic E-state index is 12.0. The van der Waals surface area contributed by atoms with Crippen molar-refractivity contribution in [3.63, 3.8) is 0 Å². The van der Waals surface area contributed by atoms with Crippen molar-refractivity contribution in [2.24, 2.45) is 0 Å². The molecule has 0 aliphatic heterocycles. The third-order valence-electron chi connectivity index (χ3n) is 2.94. The van der Waals surface area contributed by atoms with Crippen LogP contribution in [0.4, 0.5) is 0 Å². The Bertz CT molecular complexity index is 638. The summed E-state index contributed by atoms with van der Waals surface area (Å²) in [6.07, 6.45) is 0. The quantitative estimate of drug-likeness (QED) is 0.873. The number of carbonyl (C=O) groups excluding carboxylic acids is 2. The number of halogens is 1. The Hall–Kier alpha value is -1.94. The van der Waals surface area contributed by atoms with Crippen LogP contribution in [0.15, 0.2) is 53.0 Å². The Balaban J connectivity index is 1.98. The third-order valence-corrected chi connectivity index (χ3v) is 3.79. The molecule has 3 nitrogen and oxygen atoms in total. The molecule has 20 heavy (non-hydrogen) atoms. The first kappa shape index (κ1) is 14.5. The van der Waals surface area contributed by atoms with Gasteiger partial charge in [-0.25, -0.2) is 0 Å². The predicted octanol–water partition coefficient (Wildman–Crippen LogP) is 3.37. The first-order valence-electron chi connectivity index (χ1n) is 6.20. The van der Waals surface area contributed by atoms with E-state index in [1.54, 1.807) is 36.4 Å². The number of benzene rings is 2. The van der Waals surface area contributed by atoms with Gasteiger partial charge in [0, 0.05) is 15.6 Å². The normalized spacial score (nSPS) is 10.1. The lowest BCUT2D eigenvalue weighted by Crippen LogP contribution is -2.29. The molecule has 2 aromatic rings. The monoisotopic (exact) mass is 331 g/mol. The molecule has 0 saturated carbocycles. The summed E-state index contributed by atoms with van der Waals surface area (Å²) in [4.78, 5) is 23.8. The van der Waals surface area contributed by atoms with Gasteiger partial charge >= 0.3 is 0 Å². The summed E-state index contributed by atoms with van der Waals surface area (Å²) in [5, 5.41) is 2.63. The smallest absolute Gasteiger partial charge is 0.251 e. The second-order valence-corrected chi connectivity index (χ2v) is 5.29. The molecule has 2 aromatic carbocycles. The second kappa shape index (κ2) is 6.48. The number of hydrogen-bond donors (Lipinski definition) is 1. The van der Waals surface area contributed by atoms with Gasteiger partial charge in [-0.3, -0.25) is 9.59 Å². The van der Waals surface area contributed by atoms with Crippen LogP contribution in [0.2, 0.25) is 0 Å². The van der Waals surface area contributed by atoms with Gasteiger partial charge in [-0.1, -0.05) is 52.3 Å². The summed E-state index contributed by atoms with van der Waals surface area (Å²) in [5.41, 5.74) is 2.18. The molecule has 4 heteroatoms. The maximum Gasteiger partial charge on any atom is 0.251 e. The van der Waals surface area contributed by atoms with Crippen molar-refractivity contribution in [1.29, 1.82) is 0 Å². The fraction of sp³-hybridized carbons (Fsp3) is 0.125. The Labute approximate surface area is 126 Å². The minimum absolute atomic E-state index is 0.00561. The maximum absolute atomic E-state index is 12.0. The van der Waals surface area contributed by atoms with Gasteiger partial charge in [0.25, 0.3) is 5.91 Å². The lowest BCUT2D eigenvalue weighted by molar-refractivity contribution is 0.0904. The van der Waals surface area contributed by atoms with E-state index in [4.69, 9.17) is 0 Å². The molecule has 0 heterocycles. The van der Waals surface area contributed by atoms with Gasteiger partial charge in [0.05, 0.1) is 6.54 Å². The van der Waals surface area contributed by atoms with Crippen LogP contribution in [0, 0.1) is 6.92 Å². The number of hydrogen-bond acceptors (Lipinski definition) is 2. The molecule has 0 aliphatic rings. The average Bonchev–Trinajstić information content (AvgIpc) is 2.48. The molecular formula is C16H14BrNO2. The van der Waals surface area contributed by atoms with E-state index in [1.165, 1.54) is 0 Å². The number of aryl methyl sites for hydroxylation is 1. The van der Waals surface area contributed by atoms with Crippen molar-refractivity contribution in [2.75, 3.05) is 6.54 Å². The summed E-state index contributed by atoms with van der Waals surface area (Å²) in [6.45, 7) is 1.94. The van der Waals surface area contributed by atoms with E-state index in [1.807, 2.05) is 19.1 Å². The average molecular weight is 332 g/mol. The lowest BCUT2D eigenvalue weighted by atomic mass is 10.1. The molecule has 0 saturated heterocycles. The first-order chi connectivity index (χ1) is 9.58. The van der Waals surface area contributed by atoms with E-state index in [0.29, 0.717) is 11.1 Å². The van der Waals surface area contributed by atoms with Crippen LogP contribution in [0.1, 0.15) is 26.3 Å². The Morgan fingerprint density at radius 3 is 2.40 bits per heavy atom. The molecule has 0 bridgehead atoms. The van der Waals surface area contributed by atoms with Crippen molar-refractivity contribution < 1.29 is 9.59 Å². The zero-order valence-corrected chi connectivity index (χ0v) is 12.6. The molecule has 2 rings (SSSR count). The van der Waals surface area contributed by atoms with E-state index in [0.717, 1.165) is 10.0 Å². The van der Waals surface area contributed by atoms with Crippen LogP contribution in [0.3, 0.4) is 0 Å². The fourth-order valence-electron chi connectivity index (χ4n) is 1.72. The minimum Gasteiger partial charge on any atom is -0.345 e. The van der Waals surface area contributed by atoms with Crippen LogP contribution in [0.25, 0.3) is 0 Å². The van der Waals surface area contributed by atoms with Crippen molar-refractivity contribution in [3.8, 4) is 0 Å². The van der Waals surface area contributed by atoms with E-state index in [9.17, 15) is 9.59 Å². The standard InChI is InChI=1S/C16H14BrNO2/c1-11-7-8-13(9-14(11)17)16(20)18-10-15(19)12-5-3-2-4-6-12/h2-9H,10H2,1H3,(H,18,20). The molecule has 0 spiro atoms. The number of rotatable bonds is 4. The highest BCUT2D eigenvalue weighted by atomic mass is 79.9. The van der Waals surface area contributed by atoms with Crippen LogP contribution >= 0.6 is 15.9 Å². The summed E-state index contributed by atoms with van der Waals surface area (Å²) in [5.74, 6) is -0.361. The summed E-state index contributed by atoms with van der Waals surface area (Å²) in [7, 11) is 0. The summed E-state index contributed by atoms with van der Waals surface area (Å²) in [6, 6.07) is 14.3. The molecule has 0 fully saturated rings. The molecule has 0 radical (unpaired) electrons. The SMILES string of the molecule is Cc1ccc(C(=O)NCC(=O)c2ccccc2)cc1Br. The van der Waals surface area contributed by atoms with Crippen LogP contribution < -0.4 is 5.32 Å². The minimum atomic E-state index is -0.255. The molecule has 1 N–H and O–H groups in total. The molecule has 0 unspecified atom stereocenters. The topological polar surface area (TPSA) is 46.2 Å². The van der Waals surface area contributed by atoms with Gasteiger partial charge < -0.3 is 5.32 Å². The van der Waals surface area contributed by atoms with Crippen LogP contribution in [-0.2, 0) is 0 Å². The fourth-order valence-corrected chi connectivity index (χ4v) is 2.10. The Kier molecular flexibility index (Phi) is 4.69. The van der Waals surface area contributed by atoms with Crippen molar-refractivity contribution in [3.05, 3.63) is 69.7 Å². The number of carbonyl (C=O) groups is 2. The lowest BCUT2D eigenvalue weighted by Gasteiger charge is -2.06. The van der Waals surface area contributed by atoms with Crippen molar-refractivity contribution in [1.82, 2.24) is 5.32 Å². The van der Waals surface area contributed by atoms with E-state index < -0.39 is 0 Å². The summed E-state index contributed by atoms with van der Waals surface area (Å²) < 4.78 is 0.875. The number of amides is 1. The number of nitrogens with one attached hydrogen (secondary N) is 1. The molecule has 1 amide bonds. The van der Waals surface area contributed by atoms with Gasteiger partial charge in [0.15, 0.2) is 5.78 Å². The van der Waals surface area contributed by atoms with Gasteiger partial charge in [0.2, 0.25) is 0 Å². The largest absolute Gasteiger partial charge is 0.345 e. The second-order valence-electron chi connectivity index (χ2n) is 4.44. The predicted molar refractivity (Wildman–Crippen MR) is 82.0 cm³/mol. The zero-order valence-electron chi connectivity index (χ0n) is 11.0. The third kappa shape index (κ3) is 3.54. The Morgan fingerprint density at radius 2 is 1.75 bits per heavy atom. The van der Waals surface area contributed by atoms with Crippen LogP contribution in [0.5, 0.6) is 0 Å². The molecule has 0 aliphatic carbocycles. The highest BCUT2D eigenvalue weighted by Crippen LogP contribution is 2.17. The molecule has 0 atom stereocenters. The van der Waals surface area contributed by atoms with Gasteiger partial charge in [-0.15, -0.1) is 0 Å².